The van der Waals surface area contributed by atoms with E-state index in [0.717, 1.165) is 22.3 Å². The molecule has 4 aromatic carbocycles. The lowest BCUT2D eigenvalue weighted by Gasteiger charge is -2.37. The Morgan fingerprint density at radius 1 is 0.590 bits per heavy atom. The zero-order chi connectivity index (χ0) is 27.2. The van der Waals surface area contributed by atoms with Crippen LogP contribution in [0, 0.1) is 18.8 Å². The second kappa shape index (κ2) is 11.7. The summed E-state index contributed by atoms with van der Waals surface area (Å²) in [5.41, 5.74) is 5.22. The molecule has 1 fully saturated rings. The monoisotopic (exact) mass is 518 g/mol. The predicted molar refractivity (Wildman–Crippen MR) is 153 cm³/mol. The second-order valence-corrected chi connectivity index (χ2v) is 10.4. The van der Waals surface area contributed by atoms with Gasteiger partial charge in [-0.3, -0.25) is 9.59 Å². The minimum absolute atomic E-state index is 0.121. The van der Waals surface area contributed by atoms with Gasteiger partial charge in [0.2, 0.25) is 0 Å². The predicted octanol–water partition coefficient (Wildman–Crippen LogP) is 7.26. The van der Waals surface area contributed by atoms with Crippen LogP contribution in [0.4, 0.5) is 0 Å². The SMILES string of the molecule is COC(=O)C1CCC(C(=O)Oc2ccc(C(c3ccccc3)(c3ccccc3)c3ccc(C)cc3)cc2)CC1. The minimum atomic E-state index is -0.551. The van der Waals surface area contributed by atoms with Gasteiger partial charge in [-0.2, -0.15) is 0 Å². The van der Waals surface area contributed by atoms with Crippen molar-refractivity contribution >= 4 is 11.9 Å². The zero-order valence-corrected chi connectivity index (χ0v) is 22.5. The summed E-state index contributed by atoms with van der Waals surface area (Å²) in [6.07, 6.45) is 2.57. The molecule has 0 bridgehead atoms. The molecule has 0 heterocycles. The van der Waals surface area contributed by atoms with E-state index in [1.54, 1.807) is 0 Å². The Hall–Kier alpha value is -4.18. The Morgan fingerprint density at radius 2 is 1.00 bits per heavy atom. The van der Waals surface area contributed by atoms with Gasteiger partial charge in [-0.1, -0.05) is 103 Å². The van der Waals surface area contributed by atoms with Crippen LogP contribution in [0.25, 0.3) is 0 Å². The van der Waals surface area contributed by atoms with E-state index in [1.165, 1.54) is 12.7 Å². The maximum atomic E-state index is 13.0. The molecule has 4 aromatic rings. The van der Waals surface area contributed by atoms with E-state index in [0.29, 0.717) is 31.4 Å². The number of carbonyl (C=O) groups is 2. The zero-order valence-electron chi connectivity index (χ0n) is 22.5. The summed E-state index contributed by atoms with van der Waals surface area (Å²) >= 11 is 0. The van der Waals surface area contributed by atoms with Gasteiger partial charge < -0.3 is 9.47 Å². The Bertz CT molecular complexity index is 1350. The fraction of sp³-hybridized carbons (Fsp3) is 0.257. The average molecular weight is 519 g/mol. The highest BCUT2D eigenvalue weighted by Gasteiger charge is 2.38. The first-order chi connectivity index (χ1) is 19.0. The molecule has 0 unspecified atom stereocenters. The van der Waals surface area contributed by atoms with Gasteiger partial charge in [0, 0.05) is 0 Å². The summed E-state index contributed by atoms with van der Waals surface area (Å²) in [7, 11) is 1.41. The van der Waals surface area contributed by atoms with E-state index >= 15 is 0 Å². The van der Waals surface area contributed by atoms with Crippen molar-refractivity contribution in [1.82, 2.24) is 0 Å². The van der Waals surface area contributed by atoms with Crippen LogP contribution in [0.1, 0.15) is 53.5 Å². The van der Waals surface area contributed by atoms with Gasteiger partial charge in [0.25, 0.3) is 0 Å². The average Bonchev–Trinajstić information content (AvgIpc) is 3.00. The smallest absolute Gasteiger partial charge is 0.314 e. The van der Waals surface area contributed by atoms with Crippen molar-refractivity contribution < 1.29 is 19.1 Å². The molecule has 1 saturated carbocycles. The topological polar surface area (TPSA) is 52.6 Å². The van der Waals surface area contributed by atoms with Crippen molar-refractivity contribution in [2.75, 3.05) is 7.11 Å². The number of rotatable bonds is 7. The highest BCUT2D eigenvalue weighted by atomic mass is 16.5. The lowest BCUT2D eigenvalue weighted by molar-refractivity contribution is -0.149. The van der Waals surface area contributed by atoms with Crippen molar-refractivity contribution in [3.05, 3.63) is 137 Å². The van der Waals surface area contributed by atoms with Gasteiger partial charge in [0.05, 0.1) is 24.4 Å². The highest BCUT2D eigenvalue weighted by molar-refractivity contribution is 5.77. The first-order valence-corrected chi connectivity index (χ1v) is 13.6. The molecule has 1 aliphatic carbocycles. The summed E-state index contributed by atoms with van der Waals surface area (Å²) in [5, 5.41) is 0. The van der Waals surface area contributed by atoms with Gasteiger partial charge in [-0.15, -0.1) is 0 Å². The van der Waals surface area contributed by atoms with Gasteiger partial charge >= 0.3 is 11.9 Å². The summed E-state index contributed by atoms with van der Waals surface area (Å²) in [6, 6.07) is 37.7. The number of benzene rings is 4. The van der Waals surface area contributed by atoms with E-state index < -0.39 is 5.41 Å². The number of hydrogen-bond donors (Lipinski definition) is 0. The number of carbonyl (C=O) groups excluding carboxylic acids is 2. The molecule has 0 amide bonds. The van der Waals surface area contributed by atoms with Crippen LogP contribution in [0.3, 0.4) is 0 Å². The summed E-state index contributed by atoms with van der Waals surface area (Å²) in [4.78, 5) is 24.8. The van der Waals surface area contributed by atoms with Crippen LogP contribution in [-0.4, -0.2) is 19.0 Å². The number of hydrogen-bond acceptors (Lipinski definition) is 4. The fourth-order valence-electron chi connectivity index (χ4n) is 5.88. The third-order valence-corrected chi connectivity index (χ3v) is 8.00. The van der Waals surface area contributed by atoms with E-state index in [-0.39, 0.29) is 23.8 Å². The van der Waals surface area contributed by atoms with E-state index in [1.807, 2.05) is 24.3 Å². The molecule has 0 radical (unpaired) electrons. The molecular formula is C35H34O4. The molecule has 0 aliphatic heterocycles. The molecule has 0 spiro atoms. The van der Waals surface area contributed by atoms with Crippen molar-refractivity contribution in [3.63, 3.8) is 0 Å². The minimum Gasteiger partial charge on any atom is -0.469 e. The molecule has 5 rings (SSSR count). The number of esters is 2. The standard InChI is InChI=1S/C35H34O4/c1-25-13-19-30(20-14-25)35(28-9-5-3-6-10-28,29-11-7-4-8-12-29)31-21-23-32(24-22-31)39-34(37)27-17-15-26(16-18-27)33(36)38-2/h3-14,19-24,26-27H,15-18H2,1-2H3. The highest BCUT2D eigenvalue weighted by Crippen LogP contribution is 2.45. The van der Waals surface area contributed by atoms with E-state index in [4.69, 9.17) is 9.47 Å². The first-order valence-electron chi connectivity index (χ1n) is 13.6. The number of aryl methyl sites for hydroxylation is 1. The van der Waals surface area contributed by atoms with Crippen LogP contribution < -0.4 is 4.74 Å². The second-order valence-electron chi connectivity index (χ2n) is 10.4. The van der Waals surface area contributed by atoms with E-state index in [2.05, 4.69) is 91.9 Å². The van der Waals surface area contributed by atoms with Gasteiger partial charge in [0.1, 0.15) is 5.75 Å². The van der Waals surface area contributed by atoms with Gasteiger partial charge in [0.15, 0.2) is 0 Å². The van der Waals surface area contributed by atoms with Crippen LogP contribution >= 0.6 is 0 Å². The van der Waals surface area contributed by atoms with E-state index in [9.17, 15) is 9.59 Å². The molecule has 0 saturated heterocycles. The van der Waals surface area contributed by atoms with Crippen molar-refractivity contribution in [3.8, 4) is 5.75 Å². The summed E-state index contributed by atoms with van der Waals surface area (Å²) in [6.45, 7) is 2.10. The van der Waals surface area contributed by atoms with Crippen LogP contribution in [0.5, 0.6) is 5.75 Å². The fourth-order valence-corrected chi connectivity index (χ4v) is 5.88. The lowest BCUT2D eigenvalue weighted by atomic mass is 9.65. The van der Waals surface area contributed by atoms with Crippen LogP contribution in [0.2, 0.25) is 0 Å². The maximum absolute atomic E-state index is 13.0. The Labute approximate surface area is 230 Å². The quantitative estimate of drug-likeness (QED) is 0.147. The summed E-state index contributed by atoms with van der Waals surface area (Å²) in [5.74, 6) is -0.221. The summed E-state index contributed by atoms with van der Waals surface area (Å²) < 4.78 is 10.7. The van der Waals surface area contributed by atoms with Gasteiger partial charge in [-0.05, 0) is 67.0 Å². The Morgan fingerprint density at radius 3 is 1.46 bits per heavy atom. The molecule has 198 valence electrons. The number of ether oxygens (including phenoxy) is 2. The molecular weight excluding hydrogens is 484 g/mol. The van der Waals surface area contributed by atoms with Crippen LogP contribution in [0.15, 0.2) is 109 Å². The third-order valence-electron chi connectivity index (χ3n) is 8.00. The molecule has 1 aliphatic rings. The first kappa shape index (κ1) is 26.4. The molecule has 0 aromatic heterocycles. The Kier molecular flexibility index (Phi) is 7.92. The third kappa shape index (κ3) is 5.37. The lowest BCUT2D eigenvalue weighted by Crippen LogP contribution is -2.31. The largest absolute Gasteiger partial charge is 0.469 e. The molecule has 0 N–H and O–H groups in total. The Balaban J connectivity index is 1.48. The maximum Gasteiger partial charge on any atom is 0.314 e. The van der Waals surface area contributed by atoms with Gasteiger partial charge in [-0.25, -0.2) is 0 Å². The van der Waals surface area contributed by atoms with Crippen LogP contribution in [-0.2, 0) is 19.7 Å². The normalized spacial score (nSPS) is 17.3. The molecule has 4 nitrogen and oxygen atoms in total. The van der Waals surface area contributed by atoms with Crippen molar-refractivity contribution in [1.29, 1.82) is 0 Å². The number of methoxy groups -OCH3 is 1. The van der Waals surface area contributed by atoms with Crippen molar-refractivity contribution in [2.24, 2.45) is 11.8 Å². The molecule has 4 heteroatoms. The molecule has 39 heavy (non-hydrogen) atoms. The molecule has 0 atom stereocenters. The van der Waals surface area contributed by atoms with Crippen molar-refractivity contribution in [2.45, 2.75) is 38.0 Å².